The van der Waals surface area contributed by atoms with Crippen LogP contribution < -0.4 is 10.5 Å². The molecule has 0 amide bonds. The number of oxime groups is 1. The summed E-state index contributed by atoms with van der Waals surface area (Å²) in [5.41, 5.74) is 4.25. The third-order valence-electron chi connectivity index (χ3n) is 2.24. The molecule has 6 nitrogen and oxygen atoms in total. The lowest BCUT2D eigenvalue weighted by Crippen LogP contribution is -2.52. The molecule has 0 unspecified atom stereocenters. The molecule has 0 aliphatic rings. The molecule has 4 N–H and O–H groups in total. The summed E-state index contributed by atoms with van der Waals surface area (Å²) in [4.78, 5) is 0.0932. The average Bonchev–Trinajstić information content (AvgIpc) is 2.26. The molecule has 0 aliphatic carbocycles. The highest BCUT2D eigenvalue weighted by Crippen LogP contribution is 2.18. The molecule has 1 aromatic rings. The summed E-state index contributed by atoms with van der Waals surface area (Å²) in [7, 11) is -3.75. The number of rotatable bonds is 4. The van der Waals surface area contributed by atoms with Crippen molar-refractivity contribution in [1.82, 2.24) is 4.72 Å². The lowest BCUT2D eigenvalue weighted by Gasteiger charge is -2.24. The molecule has 18 heavy (non-hydrogen) atoms. The van der Waals surface area contributed by atoms with Crippen LogP contribution in [0.25, 0.3) is 0 Å². The van der Waals surface area contributed by atoms with Crippen molar-refractivity contribution >= 4 is 31.8 Å². The quantitative estimate of drug-likeness (QED) is 0.333. The van der Waals surface area contributed by atoms with Crippen molar-refractivity contribution in [2.75, 3.05) is 0 Å². The number of benzene rings is 1. The summed E-state index contributed by atoms with van der Waals surface area (Å²) in [6, 6.07) is 6.24. The Hall–Kier alpha value is -1.12. The fourth-order valence-electron chi connectivity index (χ4n) is 1.21. The zero-order chi connectivity index (χ0) is 14.0. The SMILES string of the molecule is CC(C)(NS(=O)(=O)c1cccc(Br)c1)/C(N)=N/O. The number of nitrogens with zero attached hydrogens (tertiary/aromatic N) is 1. The number of sulfonamides is 1. The standard InChI is InChI=1S/C10H14BrN3O3S/c1-10(2,9(12)13-15)14-18(16,17)8-5-3-4-7(11)6-8/h3-6,14-15H,1-2H3,(H2,12,13). The van der Waals surface area contributed by atoms with Crippen LogP contribution in [0.5, 0.6) is 0 Å². The van der Waals surface area contributed by atoms with E-state index in [1.54, 1.807) is 12.1 Å². The molecule has 0 saturated carbocycles. The highest BCUT2D eigenvalue weighted by Gasteiger charge is 2.30. The Morgan fingerprint density at radius 3 is 2.61 bits per heavy atom. The molecule has 8 heteroatoms. The van der Waals surface area contributed by atoms with Gasteiger partial charge >= 0.3 is 0 Å². The van der Waals surface area contributed by atoms with Crippen molar-refractivity contribution in [3.63, 3.8) is 0 Å². The molecule has 0 heterocycles. The third kappa shape index (κ3) is 3.44. The molecular formula is C10H14BrN3O3S. The second-order valence-corrected chi connectivity index (χ2v) is 6.77. The van der Waals surface area contributed by atoms with Crippen LogP contribution in [0.1, 0.15) is 13.8 Å². The van der Waals surface area contributed by atoms with Crippen LogP contribution in [0.15, 0.2) is 38.8 Å². The van der Waals surface area contributed by atoms with Gasteiger partial charge < -0.3 is 10.9 Å². The van der Waals surface area contributed by atoms with E-state index in [1.807, 2.05) is 0 Å². The highest BCUT2D eigenvalue weighted by molar-refractivity contribution is 9.10. The zero-order valence-electron chi connectivity index (χ0n) is 9.88. The van der Waals surface area contributed by atoms with Crippen molar-refractivity contribution in [1.29, 1.82) is 0 Å². The van der Waals surface area contributed by atoms with E-state index in [0.717, 1.165) is 0 Å². The first-order valence-corrected chi connectivity index (χ1v) is 7.24. The topological polar surface area (TPSA) is 105 Å². The normalized spacial score (nSPS) is 13.6. The second-order valence-electron chi connectivity index (χ2n) is 4.17. The van der Waals surface area contributed by atoms with Gasteiger partial charge in [0, 0.05) is 4.47 Å². The Bertz CT molecular complexity index is 569. The Kier molecular flexibility index (Phi) is 4.36. The fraction of sp³-hybridized carbons (Fsp3) is 0.300. The van der Waals surface area contributed by atoms with E-state index >= 15 is 0 Å². The van der Waals surface area contributed by atoms with Crippen LogP contribution in [0.3, 0.4) is 0 Å². The summed E-state index contributed by atoms with van der Waals surface area (Å²) < 4.78 is 27.2. The Morgan fingerprint density at radius 1 is 1.50 bits per heavy atom. The predicted molar refractivity (Wildman–Crippen MR) is 72.0 cm³/mol. The third-order valence-corrected chi connectivity index (χ3v) is 4.39. The second kappa shape index (κ2) is 5.25. The Balaban J connectivity index is 3.10. The fourth-order valence-corrected chi connectivity index (χ4v) is 3.19. The lowest BCUT2D eigenvalue weighted by atomic mass is 10.1. The monoisotopic (exact) mass is 335 g/mol. The van der Waals surface area contributed by atoms with E-state index in [0.29, 0.717) is 4.47 Å². The van der Waals surface area contributed by atoms with Crippen LogP contribution in [0.2, 0.25) is 0 Å². The van der Waals surface area contributed by atoms with E-state index in [-0.39, 0.29) is 10.7 Å². The van der Waals surface area contributed by atoms with E-state index < -0.39 is 15.6 Å². The van der Waals surface area contributed by atoms with Gasteiger partial charge in [0.05, 0.1) is 10.4 Å². The molecule has 0 fully saturated rings. The van der Waals surface area contributed by atoms with Crippen molar-refractivity contribution in [2.45, 2.75) is 24.3 Å². The van der Waals surface area contributed by atoms with Crippen LogP contribution in [0, 0.1) is 0 Å². The van der Waals surface area contributed by atoms with Gasteiger partial charge in [-0.05, 0) is 32.0 Å². The van der Waals surface area contributed by atoms with Crippen molar-refractivity contribution in [3.8, 4) is 0 Å². The van der Waals surface area contributed by atoms with Gasteiger partial charge in [-0.25, -0.2) is 8.42 Å². The smallest absolute Gasteiger partial charge is 0.241 e. The lowest BCUT2D eigenvalue weighted by molar-refractivity contribution is 0.312. The predicted octanol–water partition coefficient (Wildman–Crippen LogP) is 1.25. The number of halogens is 1. The number of hydrogen-bond acceptors (Lipinski definition) is 4. The Labute approximate surface area is 114 Å². The van der Waals surface area contributed by atoms with E-state index in [2.05, 4.69) is 25.8 Å². The van der Waals surface area contributed by atoms with Crippen LogP contribution in [-0.4, -0.2) is 25.0 Å². The van der Waals surface area contributed by atoms with Gasteiger partial charge in [-0.2, -0.15) is 4.72 Å². The maximum absolute atomic E-state index is 12.1. The molecule has 0 saturated heterocycles. The molecular weight excluding hydrogens is 322 g/mol. The first-order chi connectivity index (χ1) is 8.19. The van der Waals surface area contributed by atoms with Crippen molar-refractivity contribution in [2.24, 2.45) is 10.9 Å². The van der Waals surface area contributed by atoms with Gasteiger partial charge in [-0.3, -0.25) is 0 Å². The maximum Gasteiger partial charge on any atom is 0.241 e. The molecule has 0 atom stereocenters. The average molecular weight is 336 g/mol. The molecule has 1 rings (SSSR count). The first-order valence-electron chi connectivity index (χ1n) is 4.96. The van der Waals surface area contributed by atoms with Gasteiger partial charge in [0.15, 0.2) is 5.84 Å². The van der Waals surface area contributed by atoms with E-state index in [1.165, 1.54) is 26.0 Å². The minimum atomic E-state index is -3.75. The Morgan fingerprint density at radius 2 is 2.11 bits per heavy atom. The van der Waals surface area contributed by atoms with Crippen molar-refractivity contribution in [3.05, 3.63) is 28.7 Å². The number of nitrogens with one attached hydrogen (secondary N) is 1. The minimum absolute atomic E-state index is 0.0932. The van der Waals surface area contributed by atoms with Crippen LogP contribution >= 0.6 is 15.9 Å². The number of nitrogens with two attached hydrogens (primary N) is 1. The van der Waals surface area contributed by atoms with Crippen molar-refractivity contribution < 1.29 is 13.6 Å². The van der Waals surface area contributed by atoms with Gasteiger partial charge in [-0.1, -0.05) is 27.2 Å². The molecule has 100 valence electrons. The van der Waals surface area contributed by atoms with Gasteiger partial charge in [0.2, 0.25) is 10.0 Å². The van der Waals surface area contributed by atoms with Crippen LogP contribution in [0.4, 0.5) is 0 Å². The summed E-state index contributed by atoms with van der Waals surface area (Å²) in [5.74, 6) is -0.221. The van der Waals surface area contributed by atoms with Gasteiger partial charge in [0.25, 0.3) is 0 Å². The molecule has 0 radical (unpaired) electrons. The summed E-state index contributed by atoms with van der Waals surface area (Å²) in [5, 5.41) is 11.4. The molecule has 0 bridgehead atoms. The molecule has 1 aromatic carbocycles. The maximum atomic E-state index is 12.1. The molecule has 0 aliphatic heterocycles. The molecule has 0 spiro atoms. The summed E-state index contributed by atoms with van der Waals surface area (Å²) >= 11 is 3.20. The first kappa shape index (κ1) is 14.9. The summed E-state index contributed by atoms with van der Waals surface area (Å²) in [6.07, 6.45) is 0. The highest BCUT2D eigenvalue weighted by atomic mass is 79.9. The largest absolute Gasteiger partial charge is 0.409 e. The van der Waals surface area contributed by atoms with E-state index in [9.17, 15) is 8.42 Å². The number of amidine groups is 1. The van der Waals surface area contributed by atoms with Gasteiger partial charge in [-0.15, -0.1) is 0 Å². The molecule has 0 aromatic heterocycles. The van der Waals surface area contributed by atoms with Crippen LogP contribution in [-0.2, 0) is 10.0 Å². The van der Waals surface area contributed by atoms with E-state index in [4.69, 9.17) is 10.9 Å². The van der Waals surface area contributed by atoms with Gasteiger partial charge in [0.1, 0.15) is 0 Å². The number of hydrogen-bond donors (Lipinski definition) is 3. The summed E-state index contributed by atoms with van der Waals surface area (Å²) in [6.45, 7) is 3.00. The minimum Gasteiger partial charge on any atom is -0.409 e. The zero-order valence-corrected chi connectivity index (χ0v) is 12.3.